The maximum atomic E-state index is 5.89. The summed E-state index contributed by atoms with van der Waals surface area (Å²) in [6.07, 6.45) is 1.93. The second-order valence-corrected chi connectivity index (χ2v) is 6.08. The number of hydrogen-bond donors (Lipinski definition) is 2. The van der Waals surface area contributed by atoms with Gasteiger partial charge in [-0.2, -0.15) is 0 Å². The van der Waals surface area contributed by atoms with Gasteiger partial charge < -0.3 is 4.42 Å². The van der Waals surface area contributed by atoms with Gasteiger partial charge in [-0.05, 0) is 30.7 Å². The van der Waals surface area contributed by atoms with Crippen molar-refractivity contribution in [3.05, 3.63) is 58.0 Å². The Hall–Kier alpha value is -1.62. The Balaban J connectivity index is 1.85. The van der Waals surface area contributed by atoms with Crippen LogP contribution in [0.3, 0.4) is 0 Å². The summed E-state index contributed by atoms with van der Waals surface area (Å²) in [5.41, 5.74) is 3.77. The Morgan fingerprint density at radius 2 is 2.00 bits per heavy atom. The Kier molecular flexibility index (Phi) is 3.87. The quantitative estimate of drug-likeness (QED) is 0.554. The van der Waals surface area contributed by atoms with Crippen LogP contribution < -0.4 is 11.3 Å². The predicted octanol–water partition coefficient (Wildman–Crippen LogP) is 3.80. The van der Waals surface area contributed by atoms with Crippen LogP contribution in [0.2, 0.25) is 0 Å². The van der Waals surface area contributed by atoms with Crippen LogP contribution >= 0.6 is 11.3 Å². The highest BCUT2D eigenvalue weighted by Gasteiger charge is 2.16. The lowest BCUT2D eigenvalue weighted by Crippen LogP contribution is -2.29. The first kappa shape index (κ1) is 13.4. The van der Waals surface area contributed by atoms with Crippen molar-refractivity contribution >= 4 is 22.3 Å². The molecule has 0 aliphatic heterocycles. The highest BCUT2D eigenvalue weighted by molar-refractivity contribution is 7.11. The number of hydrazine groups is 1. The van der Waals surface area contributed by atoms with Crippen molar-refractivity contribution in [2.75, 3.05) is 0 Å². The van der Waals surface area contributed by atoms with Gasteiger partial charge in [-0.3, -0.25) is 5.84 Å². The van der Waals surface area contributed by atoms with Gasteiger partial charge in [0, 0.05) is 21.6 Å². The summed E-state index contributed by atoms with van der Waals surface area (Å²) in [5.74, 6) is 6.60. The van der Waals surface area contributed by atoms with Gasteiger partial charge in [0.1, 0.15) is 11.3 Å². The molecule has 2 aromatic heterocycles. The van der Waals surface area contributed by atoms with E-state index >= 15 is 0 Å². The standard InChI is InChI=1S/C16H18N2OS/c1-2-12-7-8-13(20-12)10-14(18-17)16-9-11-5-3-4-6-15(11)19-16/h3-9,14,18H,2,10,17H2,1H3. The third kappa shape index (κ3) is 2.63. The summed E-state index contributed by atoms with van der Waals surface area (Å²) in [6, 6.07) is 14.5. The van der Waals surface area contributed by atoms with Gasteiger partial charge >= 0.3 is 0 Å². The van der Waals surface area contributed by atoms with E-state index in [9.17, 15) is 0 Å². The van der Waals surface area contributed by atoms with Gasteiger partial charge in [0.25, 0.3) is 0 Å². The van der Waals surface area contributed by atoms with Crippen molar-refractivity contribution in [1.29, 1.82) is 0 Å². The molecule has 0 bridgehead atoms. The summed E-state index contributed by atoms with van der Waals surface area (Å²) in [7, 11) is 0. The molecule has 0 saturated carbocycles. The number of nitrogens with two attached hydrogens (primary N) is 1. The van der Waals surface area contributed by atoms with Gasteiger partial charge in [0.2, 0.25) is 0 Å². The molecule has 3 rings (SSSR count). The Bertz CT molecular complexity index is 668. The number of furan rings is 1. The molecular weight excluding hydrogens is 268 g/mol. The van der Waals surface area contributed by atoms with Gasteiger partial charge in [-0.1, -0.05) is 25.1 Å². The second kappa shape index (κ2) is 5.79. The predicted molar refractivity (Wildman–Crippen MR) is 83.7 cm³/mol. The molecule has 0 fully saturated rings. The fourth-order valence-electron chi connectivity index (χ4n) is 2.34. The maximum Gasteiger partial charge on any atom is 0.134 e. The molecule has 1 aromatic carbocycles. The third-order valence-electron chi connectivity index (χ3n) is 3.46. The summed E-state index contributed by atoms with van der Waals surface area (Å²) in [5, 5.41) is 1.11. The number of rotatable bonds is 5. The highest BCUT2D eigenvalue weighted by atomic mass is 32.1. The minimum atomic E-state index is 0.00533. The molecule has 0 amide bonds. The number of benzene rings is 1. The van der Waals surface area contributed by atoms with Crippen molar-refractivity contribution in [3.8, 4) is 0 Å². The molecule has 0 saturated heterocycles. The van der Waals surface area contributed by atoms with E-state index in [-0.39, 0.29) is 6.04 Å². The lowest BCUT2D eigenvalue weighted by molar-refractivity contribution is 0.436. The Morgan fingerprint density at radius 1 is 1.20 bits per heavy atom. The topological polar surface area (TPSA) is 51.2 Å². The fourth-order valence-corrected chi connectivity index (χ4v) is 3.34. The van der Waals surface area contributed by atoms with E-state index in [0.29, 0.717) is 0 Å². The first-order valence-electron chi connectivity index (χ1n) is 6.82. The summed E-state index contributed by atoms with van der Waals surface area (Å²) < 4.78 is 5.89. The zero-order chi connectivity index (χ0) is 13.9. The van der Waals surface area contributed by atoms with E-state index in [0.717, 1.165) is 29.6 Å². The largest absolute Gasteiger partial charge is 0.459 e. The summed E-state index contributed by atoms with van der Waals surface area (Å²) in [6.45, 7) is 2.17. The number of hydrogen-bond acceptors (Lipinski definition) is 4. The lowest BCUT2D eigenvalue weighted by atomic mass is 10.1. The number of thiophene rings is 1. The fraction of sp³-hybridized carbons (Fsp3) is 0.250. The zero-order valence-corrected chi connectivity index (χ0v) is 12.2. The normalized spacial score (nSPS) is 12.9. The number of fused-ring (bicyclic) bond motifs is 1. The first-order valence-corrected chi connectivity index (χ1v) is 7.64. The van der Waals surface area contributed by atoms with Crippen LogP contribution in [0.15, 0.2) is 46.9 Å². The Labute approximate surface area is 122 Å². The minimum absolute atomic E-state index is 0.00533. The molecule has 1 unspecified atom stereocenters. The van der Waals surface area contributed by atoms with E-state index in [4.69, 9.17) is 10.3 Å². The molecule has 3 N–H and O–H groups in total. The van der Waals surface area contributed by atoms with Crippen LogP contribution in [0.1, 0.15) is 28.5 Å². The molecule has 1 atom stereocenters. The van der Waals surface area contributed by atoms with E-state index in [1.807, 2.05) is 29.5 Å². The summed E-state index contributed by atoms with van der Waals surface area (Å²) >= 11 is 1.84. The van der Waals surface area contributed by atoms with E-state index in [1.165, 1.54) is 9.75 Å². The number of nitrogens with one attached hydrogen (secondary N) is 1. The molecule has 3 aromatic rings. The number of para-hydroxylation sites is 1. The smallest absolute Gasteiger partial charge is 0.134 e. The highest BCUT2D eigenvalue weighted by Crippen LogP contribution is 2.28. The molecule has 0 radical (unpaired) electrons. The van der Waals surface area contributed by atoms with E-state index in [1.54, 1.807) is 0 Å². The zero-order valence-electron chi connectivity index (χ0n) is 11.4. The van der Waals surface area contributed by atoms with Crippen LogP contribution in [0.4, 0.5) is 0 Å². The van der Waals surface area contributed by atoms with Crippen molar-refractivity contribution in [3.63, 3.8) is 0 Å². The van der Waals surface area contributed by atoms with Crippen molar-refractivity contribution in [2.24, 2.45) is 5.84 Å². The van der Waals surface area contributed by atoms with Crippen molar-refractivity contribution in [2.45, 2.75) is 25.8 Å². The summed E-state index contributed by atoms with van der Waals surface area (Å²) in [4.78, 5) is 2.73. The average Bonchev–Trinajstić information content (AvgIpc) is 3.10. The third-order valence-corrected chi connectivity index (χ3v) is 4.71. The SMILES string of the molecule is CCc1ccc(CC(NN)c2cc3ccccc3o2)s1. The average molecular weight is 286 g/mol. The molecule has 4 heteroatoms. The first-order chi connectivity index (χ1) is 9.80. The Morgan fingerprint density at radius 3 is 2.70 bits per heavy atom. The van der Waals surface area contributed by atoms with Gasteiger partial charge in [0.05, 0.1) is 6.04 Å². The molecular formula is C16H18N2OS. The van der Waals surface area contributed by atoms with E-state index in [2.05, 4.69) is 36.6 Å². The molecule has 3 nitrogen and oxygen atoms in total. The van der Waals surface area contributed by atoms with Gasteiger partial charge in [0.15, 0.2) is 0 Å². The van der Waals surface area contributed by atoms with Crippen LogP contribution in [0.5, 0.6) is 0 Å². The van der Waals surface area contributed by atoms with Crippen molar-refractivity contribution < 1.29 is 4.42 Å². The molecule has 0 aliphatic rings. The van der Waals surface area contributed by atoms with Crippen LogP contribution in [-0.4, -0.2) is 0 Å². The number of aryl methyl sites for hydroxylation is 1. The molecule has 104 valence electrons. The minimum Gasteiger partial charge on any atom is -0.459 e. The monoisotopic (exact) mass is 286 g/mol. The molecule has 20 heavy (non-hydrogen) atoms. The van der Waals surface area contributed by atoms with E-state index < -0.39 is 0 Å². The van der Waals surface area contributed by atoms with Crippen LogP contribution in [-0.2, 0) is 12.8 Å². The van der Waals surface area contributed by atoms with Gasteiger partial charge in [-0.25, -0.2) is 5.43 Å². The second-order valence-electron chi connectivity index (χ2n) is 4.83. The molecule has 0 spiro atoms. The van der Waals surface area contributed by atoms with Gasteiger partial charge in [-0.15, -0.1) is 11.3 Å². The van der Waals surface area contributed by atoms with Crippen molar-refractivity contribution in [1.82, 2.24) is 5.43 Å². The van der Waals surface area contributed by atoms with Crippen LogP contribution in [0.25, 0.3) is 11.0 Å². The lowest BCUT2D eigenvalue weighted by Gasteiger charge is -2.11. The van der Waals surface area contributed by atoms with Crippen LogP contribution in [0, 0.1) is 0 Å². The molecule has 0 aliphatic carbocycles. The maximum absolute atomic E-state index is 5.89. The molecule has 2 heterocycles.